The smallest absolute Gasteiger partial charge is 0.376 e. The van der Waals surface area contributed by atoms with Gasteiger partial charge in [-0.15, -0.1) is 23.5 Å². The van der Waals surface area contributed by atoms with Gasteiger partial charge in [0.2, 0.25) is 0 Å². The number of carbonyl (C=O) groups is 2. The Kier molecular flexibility index (Phi) is 15.3. The van der Waals surface area contributed by atoms with E-state index < -0.39 is 7.05 Å². The first-order valence-electron chi connectivity index (χ1n) is 16.5. The van der Waals surface area contributed by atoms with Gasteiger partial charge in [0.25, 0.3) is 7.41 Å². The molecule has 2 aliphatic heterocycles. The second-order valence-corrected chi connectivity index (χ2v) is 17.5. The highest BCUT2D eigenvalue weighted by Crippen LogP contribution is 2.40. The van der Waals surface area contributed by atoms with Crippen LogP contribution in [0.15, 0.2) is 52.5 Å². The number of nitrogens with zero attached hydrogens (tertiary/aromatic N) is 4. The van der Waals surface area contributed by atoms with Crippen LogP contribution in [0.25, 0.3) is 6.08 Å². The van der Waals surface area contributed by atoms with Gasteiger partial charge in [-0.1, -0.05) is 53.7 Å². The molecule has 0 saturated carbocycles. The van der Waals surface area contributed by atoms with E-state index in [1.807, 2.05) is 36.4 Å². The first-order valence-corrected chi connectivity index (χ1v) is 18.1. The third kappa shape index (κ3) is 12.5. The lowest BCUT2D eigenvalue weighted by Gasteiger charge is -2.38. The molecule has 0 spiro atoms. The molecule has 0 atom stereocenters. The van der Waals surface area contributed by atoms with E-state index in [4.69, 9.17) is 4.74 Å². The molecule has 0 aromatic heterocycles. The number of rotatable bonds is 11. The van der Waals surface area contributed by atoms with Crippen LogP contribution in [-0.4, -0.2) is 111 Å². The molecule has 1 radical (unpaired) electrons. The van der Waals surface area contributed by atoms with Gasteiger partial charge in [-0.2, -0.15) is 0 Å². The van der Waals surface area contributed by atoms with Gasteiger partial charge in [0.1, 0.15) is 6.29 Å². The second kappa shape index (κ2) is 18.4. The number of thioether (sulfide) groups is 2. The van der Waals surface area contributed by atoms with Gasteiger partial charge in [-0.25, -0.2) is 0 Å². The fourth-order valence-corrected chi connectivity index (χ4v) is 7.84. The number of hydrogen-bond donors (Lipinski definition) is 1. The van der Waals surface area contributed by atoms with E-state index >= 15 is 0 Å². The largest absolute Gasteiger partial charge is 0.504 e. The molecule has 255 valence electrons. The first kappa shape index (κ1) is 39.1. The Hall–Kier alpha value is -2.37. The highest BCUT2D eigenvalue weighted by Gasteiger charge is 2.26. The molecule has 0 amide bonds. The Morgan fingerprint density at radius 3 is 1.89 bits per heavy atom. The van der Waals surface area contributed by atoms with E-state index in [9.17, 15) is 14.6 Å². The highest BCUT2D eigenvalue weighted by atomic mass is 32.2. The van der Waals surface area contributed by atoms with E-state index in [0.717, 1.165) is 76.1 Å². The van der Waals surface area contributed by atoms with Crippen molar-refractivity contribution in [1.82, 2.24) is 9.62 Å². The summed E-state index contributed by atoms with van der Waals surface area (Å²) in [4.78, 5) is 33.2. The number of anilines is 2. The fourth-order valence-electron chi connectivity index (χ4n) is 5.63. The Balaban J connectivity index is 0.000000256. The lowest BCUT2D eigenvalue weighted by molar-refractivity contribution is -0.107. The van der Waals surface area contributed by atoms with Crippen molar-refractivity contribution >= 4 is 67.9 Å². The topological polar surface area (TPSA) is 76.6 Å². The Morgan fingerprint density at radius 2 is 1.36 bits per heavy atom. The number of carbonyl (C=O) groups excluding carboxylic acids is 2. The normalized spacial score (nSPS) is 16.4. The van der Waals surface area contributed by atoms with Crippen molar-refractivity contribution in [3.05, 3.63) is 53.8 Å². The quantitative estimate of drug-likeness (QED) is 0.139. The molecule has 12 heteroatoms. The average molecular weight is 680 g/mol. The zero-order chi connectivity index (χ0) is 34.6. The van der Waals surface area contributed by atoms with E-state index in [0.29, 0.717) is 6.42 Å². The SMILES string of the molecule is CB(O)N1CCN(c2cccc(SC(C)(C)C)c2CC=O)CC1.COC=Cc1c(SC(C)(C)C)cccc1N1CCN([B]C=O)CC1. The minimum Gasteiger partial charge on any atom is -0.504 e. The maximum Gasteiger partial charge on any atom is 0.376 e. The fraction of sp³-hybridized carbons (Fsp3) is 0.543. The predicted octanol–water partition coefficient (Wildman–Crippen LogP) is 5.68. The Labute approximate surface area is 293 Å². The van der Waals surface area contributed by atoms with Gasteiger partial charge in [0, 0.05) is 95.0 Å². The number of methoxy groups -OCH3 is 1. The summed E-state index contributed by atoms with van der Waals surface area (Å²) in [5.74, 6) is 0. The van der Waals surface area contributed by atoms with Crippen molar-refractivity contribution < 1.29 is 19.3 Å². The summed E-state index contributed by atoms with van der Waals surface area (Å²) in [5.41, 5.74) is 4.72. The summed E-state index contributed by atoms with van der Waals surface area (Å²) in [7, 11) is 2.91. The van der Waals surface area contributed by atoms with Crippen LogP contribution in [0.1, 0.15) is 52.7 Å². The molecular formula is C35H53B2N4O4S2. The van der Waals surface area contributed by atoms with E-state index in [1.54, 1.807) is 20.8 Å². The zero-order valence-corrected chi connectivity index (χ0v) is 31.2. The first-order chi connectivity index (χ1) is 22.3. The van der Waals surface area contributed by atoms with Crippen molar-refractivity contribution in [2.75, 3.05) is 69.3 Å². The van der Waals surface area contributed by atoms with Crippen LogP contribution in [0.4, 0.5) is 11.4 Å². The molecule has 0 aliphatic carbocycles. The molecule has 2 aromatic rings. The minimum absolute atomic E-state index is 0.112. The van der Waals surface area contributed by atoms with Crippen LogP contribution in [-0.2, 0) is 20.7 Å². The number of aldehydes is 1. The van der Waals surface area contributed by atoms with Gasteiger partial charge in [-0.3, -0.25) is 0 Å². The molecule has 0 bridgehead atoms. The number of hydrogen-bond acceptors (Lipinski definition) is 10. The van der Waals surface area contributed by atoms with E-state index in [1.165, 1.54) is 21.0 Å². The average Bonchev–Trinajstić information content (AvgIpc) is 3.01. The lowest BCUT2D eigenvalue weighted by atomic mass is 9.84. The Bertz CT molecular complexity index is 1320. The van der Waals surface area contributed by atoms with Gasteiger partial charge in [0.15, 0.2) is 0 Å². The van der Waals surface area contributed by atoms with Gasteiger partial charge in [-0.05, 0) is 42.7 Å². The molecule has 0 unspecified atom stereocenters. The zero-order valence-electron chi connectivity index (χ0n) is 29.6. The standard InChI is InChI=1S/C18H26BN2O2S.C17H27BN2O2S/c1-18(2,3)24-17-7-5-6-16(15(17)8-13-23-4)20-9-11-21(12-10-20)19-14-22;1-17(2,3)23-16-7-5-6-15(14(16)8-13-21)19-9-11-20(12-10-19)18(4)22/h5-8,13-14H,9-12H2,1-4H3;5-7,13,22H,8-12H2,1-4H3. The number of piperazine rings is 2. The number of benzene rings is 2. The summed E-state index contributed by atoms with van der Waals surface area (Å²) in [6.07, 6.45) is 6.10. The molecule has 8 nitrogen and oxygen atoms in total. The van der Waals surface area contributed by atoms with Crippen LogP contribution in [0, 0.1) is 0 Å². The monoisotopic (exact) mass is 679 g/mol. The van der Waals surface area contributed by atoms with Crippen molar-refractivity contribution in [3.8, 4) is 0 Å². The summed E-state index contributed by atoms with van der Waals surface area (Å²) in [5, 5.41) is 9.70. The molecule has 4 rings (SSSR count). The minimum atomic E-state index is -0.394. The van der Waals surface area contributed by atoms with Gasteiger partial charge >= 0.3 is 7.05 Å². The maximum atomic E-state index is 11.2. The van der Waals surface area contributed by atoms with Crippen LogP contribution >= 0.6 is 23.5 Å². The van der Waals surface area contributed by atoms with Crippen molar-refractivity contribution in [1.29, 1.82) is 0 Å². The van der Waals surface area contributed by atoms with Crippen molar-refractivity contribution in [2.45, 2.75) is 74.1 Å². The summed E-state index contributed by atoms with van der Waals surface area (Å²) in [6, 6.07) is 12.8. The summed E-state index contributed by atoms with van der Waals surface area (Å²) in [6.45, 7) is 22.0. The lowest BCUT2D eigenvalue weighted by Crippen LogP contribution is -2.51. The predicted molar refractivity (Wildman–Crippen MR) is 204 cm³/mol. The van der Waals surface area contributed by atoms with Gasteiger partial charge in [0.05, 0.1) is 19.6 Å². The van der Waals surface area contributed by atoms with Crippen LogP contribution in [0.2, 0.25) is 6.82 Å². The molecule has 47 heavy (non-hydrogen) atoms. The highest BCUT2D eigenvalue weighted by molar-refractivity contribution is 8.01. The molecule has 2 heterocycles. The van der Waals surface area contributed by atoms with E-state index in [2.05, 4.69) is 97.4 Å². The molecule has 1 N–H and O–H groups in total. The van der Waals surface area contributed by atoms with Crippen LogP contribution < -0.4 is 9.80 Å². The second-order valence-electron chi connectivity index (χ2n) is 13.7. The molecule has 2 aromatic carbocycles. The van der Waals surface area contributed by atoms with Crippen LogP contribution in [0.5, 0.6) is 0 Å². The van der Waals surface area contributed by atoms with E-state index in [-0.39, 0.29) is 9.49 Å². The summed E-state index contributed by atoms with van der Waals surface area (Å²) < 4.78 is 5.42. The van der Waals surface area contributed by atoms with Gasteiger partial charge < -0.3 is 38.8 Å². The van der Waals surface area contributed by atoms with Crippen molar-refractivity contribution in [3.63, 3.8) is 0 Å². The third-order valence-electron chi connectivity index (χ3n) is 7.75. The Morgan fingerprint density at radius 1 is 0.830 bits per heavy atom. The molecular weight excluding hydrogens is 626 g/mol. The molecule has 2 saturated heterocycles. The third-order valence-corrected chi connectivity index (χ3v) is 10.2. The van der Waals surface area contributed by atoms with Crippen LogP contribution in [0.3, 0.4) is 0 Å². The number of ether oxygens (including phenoxy) is 1. The summed E-state index contributed by atoms with van der Waals surface area (Å²) >= 11 is 3.68. The molecule has 2 fully saturated rings. The maximum absolute atomic E-state index is 11.2. The van der Waals surface area contributed by atoms with Crippen molar-refractivity contribution in [2.24, 2.45) is 0 Å². The molecule has 2 aliphatic rings.